The Morgan fingerprint density at radius 2 is 1.97 bits per heavy atom. The number of rotatable bonds is 7. The molecule has 3 aromatic rings. The Bertz CT molecular complexity index is 1020. The summed E-state index contributed by atoms with van der Waals surface area (Å²) in [6.45, 7) is 3.00. The third kappa shape index (κ3) is 4.58. The van der Waals surface area contributed by atoms with E-state index in [1.807, 2.05) is 45.9 Å². The highest BCUT2D eigenvalue weighted by atomic mass is 32.2. The van der Waals surface area contributed by atoms with Crippen LogP contribution in [0, 0.1) is 0 Å². The van der Waals surface area contributed by atoms with E-state index in [1.165, 1.54) is 18.2 Å². The molecule has 1 aliphatic heterocycles. The van der Waals surface area contributed by atoms with Crippen molar-refractivity contribution in [2.75, 3.05) is 19.4 Å². The topological polar surface area (TPSA) is 73.1 Å². The molecule has 1 atom stereocenters. The van der Waals surface area contributed by atoms with Crippen LogP contribution in [0.25, 0.3) is 17.1 Å². The van der Waals surface area contributed by atoms with Gasteiger partial charge in [0.05, 0.1) is 18.6 Å². The van der Waals surface area contributed by atoms with Gasteiger partial charge in [-0.25, -0.2) is 0 Å². The first-order valence-corrected chi connectivity index (χ1v) is 11.6. The summed E-state index contributed by atoms with van der Waals surface area (Å²) in [5.41, 5.74) is 1.73. The molecule has 0 aliphatic carbocycles. The molecule has 0 N–H and O–H groups in total. The Labute approximate surface area is 186 Å². The van der Waals surface area contributed by atoms with Crippen LogP contribution in [0.5, 0.6) is 5.75 Å². The molecule has 1 aromatic carbocycles. The predicted octanol–water partition coefficient (Wildman–Crippen LogP) is 4.22. The quantitative estimate of drug-likeness (QED) is 0.515. The van der Waals surface area contributed by atoms with Gasteiger partial charge in [-0.1, -0.05) is 30.8 Å². The second kappa shape index (κ2) is 9.96. The number of nitrogens with zero attached hydrogens (tertiary/aromatic N) is 5. The molecule has 0 radical (unpaired) electrons. The van der Waals surface area contributed by atoms with Crippen molar-refractivity contribution >= 4 is 17.7 Å². The number of aromatic nitrogens is 4. The van der Waals surface area contributed by atoms with Gasteiger partial charge in [-0.2, -0.15) is 0 Å². The van der Waals surface area contributed by atoms with Crippen molar-refractivity contribution < 1.29 is 9.53 Å². The summed E-state index contributed by atoms with van der Waals surface area (Å²) in [6.07, 6.45) is 7.84. The molecule has 7 nitrogen and oxygen atoms in total. The molecule has 1 fully saturated rings. The van der Waals surface area contributed by atoms with Gasteiger partial charge in [0, 0.05) is 30.5 Å². The highest BCUT2D eigenvalue weighted by Crippen LogP contribution is 2.32. The summed E-state index contributed by atoms with van der Waals surface area (Å²) >= 11 is 1.42. The van der Waals surface area contributed by atoms with Crippen LogP contribution in [0.3, 0.4) is 0 Å². The van der Waals surface area contributed by atoms with Crippen LogP contribution < -0.4 is 4.74 Å². The molecule has 2 aromatic heterocycles. The second-order valence-corrected chi connectivity index (χ2v) is 8.43. The number of piperidine rings is 1. The minimum absolute atomic E-state index is 0.164. The van der Waals surface area contributed by atoms with Gasteiger partial charge in [0.2, 0.25) is 5.91 Å². The zero-order chi connectivity index (χ0) is 21.6. The number of carbonyl (C=O) groups is 1. The van der Waals surface area contributed by atoms with Crippen LogP contribution in [0.1, 0.15) is 32.6 Å². The van der Waals surface area contributed by atoms with Crippen molar-refractivity contribution in [2.24, 2.45) is 0 Å². The van der Waals surface area contributed by atoms with Crippen LogP contribution in [-0.2, 0) is 4.79 Å². The summed E-state index contributed by atoms with van der Waals surface area (Å²) in [4.78, 5) is 19.2. The van der Waals surface area contributed by atoms with Gasteiger partial charge in [-0.15, -0.1) is 10.2 Å². The number of para-hydroxylation sites is 2. The summed E-state index contributed by atoms with van der Waals surface area (Å²) in [5, 5.41) is 9.54. The Hall–Kier alpha value is -2.87. The zero-order valence-electron chi connectivity index (χ0n) is 17.9. The van der Waals surface area contributed by atoms with Crippen LogP contribution in [0.15, 0.2) is 53.9 Å². The first-order chi connectivity index (χ1) is 15.2. The van der Waals surface area contributed by atoms with E-state index in [9.17, 15) is 4.79 Å². The van der Waals surface area contributed by atoms with Crippen molar-refractivity contribution in [3.05, 3.63) is 48.8 Å². The number of carbonyl (C=O) groups excluding carboxylic acids is 1. The van der Waals surface area contributed by atoms with Crippen molar-refractivity contribution in [3.63, 3.8) is 0 Å². The molecule has 1 saturated heterocycles. The molecule has 0 spiro atoms. The number of hydrogen-bond acceptors (Lipinski definition) is 6. The Morgan fingerprint density at radius 3 is 2.74 bits per heavy atom. The van der Waals surface area contributed by atoms with Crippen LogP contribution >= 0.6 is 11.8 Å². The molecular formula is C23H27N5O2S. The fourth-order valence-electron chi connectivity index (χ4n) is 4.05. The second-order valence-electron chi connectivity index (χ2n) is 7.48. The molecule has 1 aliphatic rings. The average Bonchev–Trinajstić information content (AvgIpc) is 3.26. The van der Waals surface area contributed by atoms with E-state index < -0.39 is 0 Å². The average molecular weight is 438 g/mol. The first kappa shape index (κ1) is 21.4. The summed E-state index contributed by atoms with van der Waals surface area (Å²) in [5.74, 6) is 1.90. The molecular weight excluding hydrogens is 410 g/mol. The number of thioether (sulfide) groups is 1. The van der Waals surface area contributed by atoms with Crippen molar-refractivity contribution in [3.8, 4) is 22.8 Å². The van der Waals surface area contributed by atoms with Gasteiger partial charge < -0.3 is 9.64 Å². The Morgan fingerprint density at radius 1 is 1.16 bits per heavy atom. The van der Waals surface area contributed by atoms with Gasteiger partial charge in [0.25, 0.3) is 0 Å². The van der Waals surface area contributed by atoms with Crippen LogP contribution in [0.4, 0.5) is 0 Å². The molecule has 4 rings (SSSR count). The SMILES string of the molecule is CCC1CCCCN1C(=O)CSc1nnc(-c2ccncc2)n1-c1ccccc1OC. The number of pyridine rings is 1. The van der Waals surface area contributed by atoms with E-state index >= 15 is 0 Å². The molecule has 1 unspecified atom stereocenters. The smallest absolute Gasteiger partial charge is 0.233 e. The fraction of sp³-hybridized carbons (Fsp3) is 0.391. The van der Waals surface area contributed by atoms with E-state index in [4.69, 9.17) is 4.74 Å². The predicted molar refractivity (Wildman–Crippen MR) is 122 cm³/mol. The van der Waals surface area contributed by atoms with Gasteiger partial charge in [0.1, 0.15) is 5.75 Å². The van der Waals surface area contributed by atoms with E-state index in [0.717, 1.165) is 37.1 Å². The third-order valence-electron chi connectivity index (χ3n) is 5.64. The highest BCUT2D eigenvalue weighted by molar-refractivity contribution is 7.99. The number of hydrogen-bond donors (Lipinski definition) is 0. The molecule has 8 heteroatoms. The number of amides is 1. The van der Waals surface area contributed by atoms with E-state index in [0.29, 0.717) is 28.5 Å². The van der Waals surface area contributed by atoms with Gasteiger partial charge >= 0.3 is 0 Å². The van der Waals surface area contributed by atoms with Crippen molar-refractivity contribution in [1.82, 2.24) is 24.6 Å². The zero-order valence-corrected chi connectivity index (χ0v) is 18.7. The number of benzene rings is 1. The number of methoxy groups -OCH3 is 1. The van der Waals surface area contributed by atoms with Gasteiger partial charge in [-0.3, -0.25) is 14.3 Å². The van der Waals surface area contributed by atoms with Gasteiger partial charge in [-0.05, 0) is 49.9 Å². The standard InChI is InChI=1S/C23H27N5O2S/c1-3-18-8-6-7-15-27(18)21(29)16-31-23-26-25-22(17-11-13-24-14-12-17)28(23)19-9-4-5-10-20(19)30-2/h4-5,9-14,18H,3,6-8,15-16H2,1-2H3. The molecule has 1 amide bonds. The largest absolute Gasteiger partial charge is 0.495 e. The van der Waals surface area contributed by atoms with Crippen LogP contribution in [0.2, 0.25) is 0 Å². The normalized spacial score (nSPS) is 16.3. The number of ether oxygens (including phenoxy) is 1. The summed E-state index contributed by atoms with van der Waals surface area (Å²) in [7, 11) is 1.65. The maximum Gasteiger partial charge on any atom is 0.233 e. The van der Waals surface area contributed by atoms with Crippen molar-refractivity contribution in [2.45, 2.75) is 43.8 Å². The van der Waals surface area contributed by atoms with E-state index in [1.54, 1.807) is 19.5 Å². The lowest BCUT2D eigenvalue weighted by atomic mass is 10.0. The maximum absolute atomic E-state index is 13.0. The van der Waals surface area contributed by atoms with E-state index in [2.05, 4.69) is 22.1 Å². The van der Waals surface area contributed by atoms with Crippen molar-refractivity contribution in [1.29, 1.82) is 0 Å². The molecule has 31 heavy (non-hydrogen) atoms. The van der Waals surface area contributed by atoms with E-state index in [-0.39, 0.29) is 5.91 Å². The highest BCUT2D eigenvalue weighted by Gasteiger charge is 2.26. The minimum atomic E-state index is 0.164. The molecule has 0 bridgehead atoms. The molecule has 0 saturated carbocycles. The Balaban J connectivity index is 1.65. The lowest BCUT2D eigenvalue weighted by Crippen LogP contribution is -2.44. The summed E-state index contributed by atoms with van der Waals surface area (Å²) < 4.78 is 7.55. The molecule has 3 heterocycles. The minimum Gasteiger partial charge on any atom is -0.495 e. The first-order valence-electron chi connectivity index (χ1n) is 10.6. The van der Waals surface area contributed by atoms with Gasteiger partial charge in [0.15, 0.2) is 11.0 Å². The maximum atomic E-state index is 13.0. The third-order valence-corrected chi connectivity index (χ3v) is 6.56. The Kier molecular flexibility index (Phi) is 6.86. The number of likely N-dealkylation sites (tertiary alicyclic amines) is 1. The molecule has 162 valence electrons. The van der Waals surface area contributed by atoms with Crippen LogP contribution in [-0.4, -0.2) is 56.0 Å². The lowest BCUT2D eigenvalue weighted by molar-refractivity contribution is -0.132. The fourth-order valence-corrected chi connectivity index (χ4v) is 4.88. The monoisotopic (exact) mass is 437 g/mol. The summed E-state index contributed by atoms with van der Waals surface area (Å²) in [6, 6.07) is 11.9. The lowest BCUT2D eigenvalue weighted by Gasteiger charge is -2.35.